The summed E-state index contributed by atoms with van der Waals surface area (Å²) in [5.41, 5.74) is -2.10. The van der Waals surface area contributed by atoms with Crippen molar-refractivity contribution in [1.82, 2.24) is 5.32 Å². The lowest BCUT2D eigenvalue weighted by molar-refractivity contribution is -0.142. The van der Waals surface area contributed by atoms with Crippen LogP contribution in [0.1, 0.15) is 13.3 Å². The molecule has 0 aromatic carbocycles. The highest BCUT2D eigenvalue weighted by Gasteiger charge is 2.33. The fraction of sp³-hybridized carbons (Fsp3) is 0.417. The van der Waals surface area contributed by atoms with Crippen molar-refractivity contribution in [3.05, 3.63) is 25.3 Å². The fourth-order valence-corrected chi connectivity index (χ4v) is 1.33. The van der Waals surface area contributed by atoms with Gasteiger partial charge in [0.15, 0.2) is 0 Å². The molecule has 0 bridgehead atoms. The zero-order valence-electron chi connectivity index (χ0n) is 11.1. The molecule has 0 aliphatic carbocycles. The number of ether oxygens (including phenoxy) is 2. The van der Waals surface area contributed by atoms with Gasteiger partial charge in [0.05, 0.1) is 0 Å². The first-order chi connectivity index (χ1) is 9.42. The van der Waals surface area contributed by atoms with E-state index >= 15 is 0 Å². The molecule has 0 aliphatic rings. The third kappa shape index (κ3) is 6.24. The Bertz CT molecular complexity index is 396. The van der Waals surface area contributed by atoms with E-state index in [1.165, 1.54) is 0 Å². The van der Waals surface area contributed by atoms with E-state index in [4.69, 9.17) is 9.47 Å². The van der Waals surface area contributed by atoms with Crippen molar-refractivity contribution in [3.8, 4) is 0 Å². The van der Waals surface area contributed by atoms with E-state index in [1.54, 1.807) is 6.92 Å². The predicted molar refractivity (Wildman–Crippen MR) is 71.5 cm³/mol. The normalized spacial score (nSPS) is 12.8. The minimum Gasteiger partial charge on any atom is -0.460 e. The molecule has 0 aromatic rings. The van der Waals surface area contributed by atoms with E-state index in [1.807, 2.05) is 0 Å². The molecular weight excluding hydrogens is 285 g/mol. The van der Waals surface area contributed by atoms with Gasteiger partial charge < -0.3 is 14.8 Å². The van der Waals surface area contributed by atoms with E-state index in [0.29, 0.717) is 6.42 Å². The van der Waals surface area contributed by atoms with Crippen LogP contribution in [-0.4, -0.2) is 36.3 Å². The summed E-state index contributed by atoms with van der Waals surface area (Å²) in [5.74, 6) is -1.19. The number of hydrogen-bond donors (Lipinski definition) is 1. The number of amides is 1. The smallest absolute Gasteiger partial charge is 0.398 e. The van der Waals surface area contributed by atoms with Gasteiger partial charge in [-0.05, 0) is 12.5 Å². The van der Waals surface area contributed by atoms with Crippen molar-refractivity contribution >= 4 is 26.0 Å². The van der Waals surface area contributed by atoms with E-state index in [0.717, 1.165) is 12.2 Å². The zero-order valence-corrected chi connectivity index (χ0v) is 12.0. The van der Waals surface area contributed by atoms with Gasteiger partial charge in [-0.2, -0.15) is 0 Å². The molecule has 0 heterocycles. The first-order valence-corrected chi connectivity index (χ1v) is 6.48. The molecule has 0 spiro atoms. The van der Waals surface area contributed by atoms with Gasteiger partial charge in [0.2, 0.25) is 5.91 Å². The molecule has 20 heavy (non-hydrogen) atoms. The van der Waals surface area contributed by atoms with Crippen molar-refractivity contribution in [2.24, 2.45) is 0 Å². The van der Waals surface area contributed by atoms with Crippen molar-refractivity contribution in [2.45, 2.75) is 18.9 Å². The molecular formula is C12H16NO6P. The molecule has 0 aliphatic heterocycles. The van der Waals surface area contributed by atoms with Gasteiger partial charge in [-0.15, -0.1) is 0 Å². The maximum atomic E-state index is 11.4. The summed E-state index contributed by atoms with van der Waals surface area (Å²) >= 11 is 0. The lowest BCUT2D eigenvalue weighted by atomic mass is 9.98. The molecule has 110 valence electrons. The quantitative estimate of drug-likeness (QED) is 0.394. The second kappa shape index (κ2) is 8.98. The molecule has 8 heteroatoms. The molecule has 1 amide bonds. The minimum absolute atomic E-state index is 0.225. The van der Waals surface area contributed by atoms with Gasteiger partial charge in [-0.1, -0.05) is 20.1 Å². The van der Waals surface area contributed by atoms with E-state index in [2.05, 4.69) is 18.5 Å². The van der Waals surface area contributed by atoms with Crippen LogP contribution < -0.4 is 5.32 Å². The van der Waals surface area contributed by atoms with Crippen molar-refractivity contribution in [2.75, 3.05) is 13.2 Å². The average Bonchev–Trinajstić information content (AvgIpc) is 2.48. The van der Waals surface area contributed by atoms with Gasteiger partial charge in [0.1, 0.15) is 18.8 Å². The lowest BCUT2D eigenvalue weighted by Crippen LogP contribution is -2.55. The van der Waals surface area contributed by atoms with E-state index in [9.17, 15) is 18.9 Å². The number of carbonyl (C=O) groups is 3. The summed E-state index contributed by atoms with van der Waals surface area (Å²) in [6, 6.07) is 0. The monoisotopic (exact) mass is 301 g/mol. The summed E-state index contributed by atoms with van der Waals surface area (Å²) < 4.78 is 19.9. The molecule has 0 aromatic heterocycles. The van der Waals surface area contributed by atoms with Gasteiger partial charge in [-0.25, -0.2) is 9.59 Å². The number of hydrogen-bond acceptors (Lipinski definition) is 6. The van der Waals surface area contributed by atoms with Crippen LogP contribution in [0.15, 0.2) is 25.3 Å². The topological polar surface area (TPSA) is 98.8 Å². The molecule has 1 N–H and O–H groups in total. The molecule has 1 atom stereocenters. The van der Waals surface area contributed by atoms with Crippen LogP contribution in [-0.2, 0) is 23.6 Å². The standard InChI is InChI=1S/C12H16NO6P/c1-4-9(14)13-12(6-3,7-18-10(15)5-2)8-19-11(16)20-17/h4-5H,1-2,6-8H2,3H3,(H,13,14). The van der Waals surface area contributed by atoms with Crippen molar-refractivity contribution in [3.63, 3.8) is 0 Å². The van der Waals surface area contributed by atoms with Crippen LogP contribution in [0.5, 0.6) is 0 Å². The van der Waals surface area contributed by atoms with Crippen LogP contribution >= 0.6 is 8.46 Å². The average molecular weight is 301 g/mol. The summed E-state index contributed by atoms with van der Waals surface area (Å²) in [7, 11) is -0.797. The number of nitrogens with one attached hydrogen (secondary N) is 1. The summed E-state index contributed by atoms with van der Waals surface area (Å²) in [4.78, 5) is 33.4. The van der Waals surface area contributed by atoms with Crippen LogP contribution in [0.2, 0.25) is 0 Å². The van der Waals surface area contributed by atoms with Gasteiger partial charge >= 0.3 is 11.7 Å². The Labute approximate surface area is 118 Å². The third-order valence-electron chi connectivity index (χ3n) is 2.45. The Morgan fingerprint density at radius 3 is 2.25 bits per heavy atom. The third-order valence-corrected chi connectivity index (χ3v) is 2.73. The molecule has 0 radical (unpaired) electrons. The Morgan fingerprint density at radius 2 is 1.80 bits per heavy atom. The van der Waals surface area contributed by atoms with Crippen LogP contribution in [0.3, 0.4) is 0 Å². The van der Waals surface area contributed by atoms with E-state index < -0.39 is 31.6 Å². The highest BCUT2D eigenvalue weighted by atomic mass is 31.1. The molecule has 7 nitrogen and oxygen atoms in total. The number of esters is 1. The lowest BCUT2D eigenvalue weighted by Gasteiger charge is -2.31. The largest absolute Gasteiger partial charge is 0.460 e. The maximum Gasteiger partial charge on any atom is 0.398 e. The summed E-state index contributed by atoms with van der Waals surface area (Å²) in [6.45, 7) is 7.74. The molecule has 1 unspecified atom stereocenters. The second-order valence-electron chi connectivity index (χ2n) is 3.78. The second-order valence-corrected chi connectivity index (χ2v) is 4.33. The predicted octanol–water partition coefficient (Wildman–Crippen LogP) is 1.59. The first kappa shape index (κ1) is 18.0. The maximum absolute atomic E-state index is 11.4. The van der Waals surface area contributed by atoms with Gasteiger partial charge in [-0.3, -0.25) is 9.36 Å². The first-order valence-electron chi connectivity index (χ1n) is 5.67. The number of carbonyl (C=O) groups excluding carboxylic acids is 3. The van der Waals surface area contributed by atoms with Crippen LogP contribution in [0.25, 0.3) is 0 Å². The Morgan fingerprint density at radius 1 is 1.20 bits per heavy atom. The van der Waals surface area contributed by atoms with Crippen LogP contribution in [0, 0.1) is 0 Å². The Balaban J connectivity index is 4.93. The summed E-state index contributed by atoms with van der Waals surface area (Å²) in [5, 5.41) is 2.54. The minimum atomic E-state index is -1.12. The fourth-order valence-electron chi connectivity index (χ4n) is 1.21. The number of rotatable bonds is 9. The molecule has 0 rings (SSSR count). The Hall–Kier alpha value is -2.01. The molecule has 0 fully saturated rings. The molecule has 0 saturated carbocycles. The zero-order chi connectivity index (χ0) is 15.6. The highest BCUT2D eigenvalue weighted by molar-refractivity contribution is 7.45. The highest BCUT2D eigenvalue weighted by Crippen LogP contribution is 2.14. The van der Waals surface area contributed by atoms with Gasteiger partial charge in [0.25, 0.3) is 8.46 Å². The molecule has 0 saturated heterocycles. The van der Waals surface area contributed by atoms with Crippen molar-refractivity contribution < 1.29 is 28.4 Å². The van der Waals surface area contributed by atoms with Crippen LogP contribution in [0.4, 0.5) is 4.79 Å². The van der Waals surface area contributed by atoms with Crippen molar-refractivity contribution in [1.29, 1.82) is 0 Å². The SMILES string of the molecule is C=CC(=O)NC(CC)(COC(=O)C=C)COC(=O)P=O. The van der Waals surface area contributed by atoms with Gasteiger partial charge in [0, 0.05) is 6.08 Å². The van der Waals surface area contributed by atoms with E-state index in [-0.39, 0.29) is 13.2 Å². The Kier molecular flexibility index (Phi) is 8.08. The summed E-state index contributed by atoms with van der Waals surface area (Å²) in [6.07, 6.45) is 2.31.